The van der Waals surface area contributed by atoms with Gasteiger partial charge in [0, 0.05) is 31.9 Å². The molecule has 4 rings (SSSR count). The van der Waals surface area contributed by atoms with Gasteiger partial charge in [0.05, 0.1) is 34.7 Å². The maximum atomic E-state index is 15.8. The first-order valence-corrected chi connectivity index (χ1v) is 15.6. The Balaban J connectivity index is 1.54. The van der Waals surface area contributed by atoms with Crippen LogP contribution in [0.5, 0.6) is 0 Å². The van der Waals surface area contributed by atoms with Gasteiger partial charge >= 0.3 is 6.18 Å². The summed E-state index contributed by atoms with van der Waals surface area (Å²) in [5.74, 6) is -1.64. The van der Waals surface area contributed by atoms with Gasteiger partial charge in [-0.05, 0) is 49.1 Å². The molecule has 6 N–H and O–H groups in total. The van der Waals surface area contributed by atoms with Gasteiger partial charge in [0.2, 0.25) is 0 Å². The summed E-state index contributed by atoms with van der Waals surface area (Å²) >= 11 is 0. The Morgan fingerprint density at radius 1 is 1.05 bits per heavy atom. The van der Waals surface area contributed by atoms with E-state index in [9.17, 15) is 32.2 Å². The van der Waals surface area contributed by atoms with E-state index in [1.54, 1.807) is 12.1 Å². The van der Waals surface area contributed by atoms with Crippen molar-refractivity contribution in [1.82, 2.24) is 10.6 Å². The van der Waals surface area contributed by atoms with Crippen LogP contribution < -0.4 is 20.3 Å². The molecule has 8 nitrogen and oxygen atoms in total. The lowest BCUT2D eigenvalue weighted by Crippen LogP contribution is -2.48. The highest BCUT2D eigenvalue weighted by molar-refractivity contribution is 8.25. The van der Waals surface area contributed by atoms with Crippen LogP contribution in [-0.4, -0.2) is 57.7 Å². The van der Waals surface area contributed by atoms with Crippen molar-refractivity contribution in [2.24, 2.45) is 0 Å². The van der Waals surface area contributed by atoms with E-state index in [2.05, 4.69) is 16.0 Å². The van der Waals surface area contributed by atoms with Gasteiger partial charge in [0.15, 0.2) is 5.82 Å². The van der Waals surface area contributed by atoms with Crippen LogP contribution in [0.4, 0.5) is 28.9 Å². The third-order valence-electron chi connectivity index (χ3n) is 7.10. The monoisotopic (exact) mass is 624 g/mol. The average Bonchev–Trinajstić information content (AvgIpc) is 3.32. The summed E-state index contributed by atoms with van der Waals surface area (Å²) < 4.78 is 77.2. The molecule has 1 aliphatic rings. The van der Waals surface area contributed by atoms with Crippen molar-refractivity contribution in [3.05, 3.63) is 94.8 Å². The van der Waals surface area contributed by atoms with E-state index < -0.39 is 46.4 Å². The number of carbonyl (C=O) groups excluding carboxylic acids is 1. The Kier molecular flexibility index (Phi) is 10.6. The van der Waals surface area contributed by atoms with Gasteiger partial charge in [-0.15, -0.1) is 10.8 Å². The summed E-state index contributed by atoms with van der Waals surface area (Å²) in [7, 11) is -3.23. The molecule has 13 heteroatoms. The summed E-state index contributed by atoms with van der Waals surface area (Å²) in [6.07, 6.45) is -5.04. The molecule has 43 heavy (non-hydrogen) atoms. The van der Waals surface area contributed by atoms with Crippen molar-refractivity contribution in [3.8, 4) is 0 Å². The number of rotatable bonds is 12. The molecule has 3 aromatic carbocycles. The number of carbonyl (C=O) groups is 1. The number of hydrogen-bond acceptors (Lipinski definition) is 7. The zero-order valence-electron chi connectivity index (χ0n) is 23.6. The van der Waals surface area contributed by atoms with Crippen LogP contribution in [0.2, 0.25) is 0 Å². The first-order chi connectivity index (χ1) is 20.4. The quantitative estimate of drug-likeness (QED) is 0.144. The topological polar surface area (TPSA) is 117 Å². The van der Waals surface area contributed by atoms with E-state index in [0.717, 1.165) is 17.7 Å². The molecular formula is C30H36F4N4O4S. The van der Waals surface area contributed by atoms with Crippen LogP contribution in [0.25, 0.3) is 0 Å². The van der Waals surface area contributed by atoms with E-state index >= 15 is 4.39 Å². The number of aliphatic hydroxyl groups excluding tert-OH is 1. The first kappa shape index (κ1) is 32.6. The van der Waals surface area contributed by atoms with Crippen LogP contribution in [0.3, 0.4) is 0 Å². The molecule has 1 amide bonds. The van der Waals surface area contributed by atoms with Crippen LogP contribution in [-0.2, 0) is 19.1 Å². The first-order valence-electron chi connectivity index (χ1n) is 13.9. The molecule has 0 aliphatic carbocycles. The summed E-state index contributed by atoms with van der Waals surface area (Å²) in [5.41, 5.74) is 0.348. The van der Waals surface area contributed by atoms with Crippen molar-refractivity contribution < 1.29 is 36.6 Å². The maximum absolute atomic E-state index is 15.8. The Bertz CT molecular complexity index is 1390. The molecule has 0 bridgehead atoms. The minimum Gasteiger partial charge on any atom is -0.390 e. The molecule has 0 saturated carbocycles. The van der Waals surface area contributed by atoms with E-state index in [4.69, 9.17) is 0 Å². The van der Waals surface area contributed by atoms with Gasteiger partial charge in [0.25, 0.3) is 5.91 Å². The number of benzene rings is 3. The number of alkyl halides is 3. The lowest BCUT2D eigenvalue weighted by Gasteiger charge is -2.38. The SMILES string of the molecule is CCNc1cc(C(=O)N[C@@H](Cc2ccccc2)[C@H](O)CNCc2cccc(C(F)(F)F)c2)c(F)c(N2CCCS2(O)O)c1. The normalized spacial score (nSPS) is 16.9. The zero-order valence-corrected chi connectivity index (χ0v) is 24.4. The molecule has 2 atom stereocenters. The lowest BCUT2D eigenvalue weighted by molar-refractivity contribution is -0.137. The number of aliphatic hydroxyl groups is 1. The highest BCUT2D eigenvalue weighted by atomic mass is 32.3. The predicted octanol–water partition coefficient (Wildman–Crippen LogP) is 5.64. The number of anilines is 2. The molecule has 0 aromatic heterocycles. The number of halogens is 4. The summed E-state index contributed by atoms with van der Waals surface area (Å²) in [4.78, 5) is 13.5. The molecule has 0 spiro atoms. The van der Waals surface area contributed by atoms with Gasteiger partial charge in [0.1, 0.15) is 0 Å². The Morgan fingerprint density at radius 3 is 2.42 bits per heavy atom. The van der Waals surface area contributed by atoms with Crippen molar-refractivity contribution in [2.45, 2.75) is 44.6 Å². The van der Waals surface area contributed by atoms with Gasteiger partial charge in [-0.3, -0.25) is 18.2 Å². The second-order valence-electron chi connectivity index (χ2n) is 10.3. The number of nitrogens with zero attached hydrogens (tertiary/aromatic N) is 1. The van der Waals surface area contributed by atoms with Crippen LogP contribution >= 0.6 is 10.8 Å². The number of amides is 1. The van der Waals surface area contributed by atoms with Gasteiger partial charge in [-0.1, -0.05) is 48.5 Å². The van der Waals surface area contributed by atoms with E-state index in [1.165, 1.54) is 28.6 Å². The van der Waals surface area contributed by atoms with Gasteiger partial charge in [-0.25, -0.2) is 4.39 Å². The van der Waals surface area contributed by atoms with Gasteiger partial charge in [-0.2, -0.15) is 13.2 Å². The minimum absolute atomic E-state index is 0.0396. The Morgan fingerprint density at radius 2 is 1.77 bits per heavy atom. The second-order valence-corrected chi connectivity index (χ2v) is 12.5. The third-order valence-corrected chi connectivity index (χ3v) is 9.02. The van der Waals surface area contributed by atoms with Crippen molar-refractivity contribution in [3.63, 3.8) is 0 Å². The van der Waals surface area contributed by atoms with Crippen LogP contribution in [0, 0.1) is 5.82 Å². The molecule has 1 heterocycles. The van der Waals surface area contributed by atoms with Crippen LogP contribution in [0.15, 0.2) is 66.7 Å². The molecular weight excluding hydrogens is 588 g/mol. The molecule has 0 radical (unpaired) electrons. The third kappa shape index (κ3) is 8.39. The van der Waals surface area contributed by atoms with E-state index in [1.807, 2.05) is 25.1 Å². The number of nitrogens with one attached hydrogen (secondary N) is 3. The minimum atomic E-state index is -4.48. The molecule has 234 valence electrons. The number of hydrogen-bond donors (Lipinski definition) is 6. The largest absolute Gasteiger partial charge is 0.416 e. The molecule has 3 aromatic rings. The Hall–Kier alpha value is -3.36. The fourth-order valence-corrected chi connectivity index (χ4v) is 6.57. The highest BCUT2D eigenvalue weighted by Crippen LogP contribution is 2.52. The van der Waals surface area contributed by atoms with Crippen molar-refractivity contribution in [2.75, 3.05) is 35.0 Å². The van der Waals surface area contributed by atoms with Crippen LogP contribution in [0.1, 0.15) is 40.4 Å². The second kappa shape index (κ2) is 14.0. The zero-order chi connectivity index (χ0) is 31.2. The molecule has 1 aliphatic heterocycles. The summed E-state index contributed by atoms with van der Waals surface area (Å²) in [6, 6.07) is 15.7. The smallest absolute Gasteiger partial charge is 0.390 e. The lowest BCUT2D eigenvalue weighted by atomic mass is 10.00. The molecule has 1 saturated heterocycles. The van der Waals surface area contributed by atoms with Crippen molar-refractivity contribution >= 4 is 28.1 Å². The average molecular weight is 625 g/mol. The highest BCUT2D eigenvalue weighted by Gasteiger charge is 2.34. The summed E-state index contributed by atoms with van der Waals surface area (Å²) in [5, 5.41) is 19.8. The van der Waals surface area contributed by atoms with Gasteiger partial charge < -0.3 is 21.1 Å². The Labute approximate surface area is 249 Å². The van der Waals surface area contributed by atoms with Crippen molar-refractivity contribution in [1.29, 1.82) is 0 Å². The van der Waals surface area contributed by atoms with E-state index in [0.29, 0.717) is 24.2 Å². The predicted molar refractivity (Wildman–Crippen MR) is 161 cm³/mol. The maximum Gasteiger partial charge on any atom is 0.416 e. The summed E-state index contributed by atoms with van der Waals surface area (Å²) in [6.45, 7) is 2.47. The van der Waals surface area contributed by atoms with E-state index in [-0.39, 0.29) is 43.1 Å². The fourth-order valence-electron chi connectivity index (χ4n) is 4.96. The molecule has 1 fully saturated rings. The standard InChI is InChI=1S/C30H36F4N4O4S/c1-2-36-23-16-24(28(31)26(17-23)38-12-7-13-43(38,41)42)29(40)37-25(15-20-8-4-3-5-9-20)27(39)19-35-18-21-10-6-11-22(14-21)30(32,33)34/h3-6,8-11,14,16-17,25,27,35-36,39,41-42H,2,7,12-13,15,18-19H2,1H3,(H,37,40)/t25-,27+/m0/s1. The molecule has 0 unspecified atom stereocenters. The fraction of sp³-hybridized carbons (Fsp3) is 0.367.